The molecule has 17 heavy (non-hydrogen) atoms. The van der Waals surface area contributed by atoms with Gasteiger partial charge in [-0.25, -0.2) is 0 Å². The molecule has 1 atom stereocenters. The van der Waals surface area contributed by atoms with E-state index in [2.05, 4.69) is 4.98 Å². The number of fused-ring (bicyclic) bond motifs is 1. The summed E-state index contributed by atoms with van der Waals surface area (Å²) in [5.41, 5.74) is 0.430. The van der Waals surface area contributed by atoms with E-state index in [0.29, 0.717) is 6.42 Å². The molecule has 1 aromatic rings. The molecule has 0 saturated heterocycles. The average molecular weight is 231 g/mol. The number of aromatic nitrogens is 1. The fourth-order valence-electron chi connectivity index (χ4n) is 2.00. The van der Waals surface area contributed by atoms with E-state index in [0.717, 1.165) is 6.42 Å². The number of hydrogen-bond acceptors (Lipinski definition) is 4. The molecule has 0 fully saturated rings. The summed E-state index contributed by atoms with van der Waals surface area (Å²) in [6.45, 7) is 1.96. The van der Waals surface area contributed by atoms with Crippen LogP contribution in [-0.2, 0) is 4.79 Å². The minimum absolute atomic E-state index is 0.146. The second-order valence-corrected chi connectivity index (χ2v) is 4.13. The van der Waals surface area contributed by atoms with Crippen molar-refractivity contribution in [2.75, 3.05) is 0 Å². The van der Waals surface area contributed by atoms with Crippen molar-refractivity contribution in [1.29, 1.82) is 0 Å². The molecule has 1 aliphatic rings. The number of nitrogens with zero attached hydrogens (tertiary/aromatic N) is 1. The topological polar surface area (TPSA) is 64.1 Å². The van der Waals surface area contributed by atoms with Gasteiger partial charge in [0.1, 0.15) is 11.6 Å². The van der Waals surface area contributed by atoms with Gasteiger partial charge in [0.15, 0.2) is 17.3 Å². The van der Waals surface area contributed by atoms with Gasteiger partial charge in [-0.05, 0) is 18.6 Å². The van der Waals surface area contributed by atoms with Crippen LogP contribution in [0, 0.1) is 5.92 Å². The van der Waals surface area contributed by atoms with Crippen molar-refractivity contribution in [1.82, 2.24) is 4.98 Å². The van der Waals surface area contributed by atoms with Crippen molar-refractivity contribution in [3.05, 3.63) is 29.6 Å². The summed E-state index contributed by atoms with van der Waals surface area (Å²) in [5.74, 6) is -2.24. The Morgan fingerprint density at radius 2 is 2.12 bits per heavy atom. The van der Waals surface area contributed by atoms with Crippen molar-refractivity contribution >= 4 is 17.3 Å². The maximum atomic E-state index is 11.9. The van der Waals surface area contributed by atoms with Gasteiger partial charge in [-0.3, -0.25) is 19.4 Å². The van der Waals surface area contributed by atoms with Crippen LogP contribution in [0.4, 0.5) is 0 Å². The molecule has 1 aromatic heterocycles. The van der Waals surface area contributed by atoms with Crippen LogP contribution in [0.3, 0.4) is 0 Å². The summed E-state index contributed by atoms with van der Waals surface area (Å²) >= 11 is 0. The normalized spacial score (nSPS) is 18.3. The van der Waals surface area contributed by atoms with Crippen LogP contribution in [0.5, 0.6) is 0 Å². The zero-order chi connectivity index (χ0) is 12.4. The minimum Gasteiger partial charge on any atom is -0.298 e. The summed E-state index contributed by atoms with van der Waals surface area (Å²) in [4.78, 5) is 39.5. The Morgan fingerprint density at radius 1 is 1.35 bits per heavy atom. The predicted octanol–water partition coefficient (Wildman–Crippen LogP) is 1.84. The largest absolute Gasteiger partial charge is 0.298 e. The lowest BCUT2D eigenvalue weighted by molar-refractivity contribution is -0.120. The Kier molecular flexibility index (Phi) is 3.13. The van der Waals surface area contributed by atoms with E-state index in [1.165, 1.54) is 6.20 Å². The molecular formula is C13H13NO3. The summed E-state index contributed by atoms with van der Waals surface area (Å²) in [6.07, 6.45) is 3.32. The fraction of sp³-hybridized carbons (Fsp3) is 0.385. The maximum absolute atomic E-state index is 11.9. The highest BCUT2D eigenvalue weighted by Crippen LogP contribution is 2.26. The number of rotatable bonds is 4. The molecule has 0 amide bonds. The number of pyridine rings is 1. The van der Waals surface area contributed by atoms with Gasteiger partial charge < -0.3 is 0 Å². The van der Waals surface area contributed by atoms with Gasteiger partial charge in [-0.1, -0.05) is 13.3 Å². The van der Waals surface area contributed by atoms with Crippen LogP contribution in [0.2, 0.25) is 0 Å². The van der Waals surface area contributed by atoms with Gasteiger partial charge in [-0.15, -0.1) is 0 Å². The lowest BCUT2D eigenvalue weighted by atomic mass is 9.95. The number of Topliss-reactive ketones (excluding diaryl/α,β-unsaturated/α-hetero) is 3. The van der Waals surface area contributed by atoms with E-state index < -0.39 is 11.7 Å². The number of unbranched alkanes of at least 4 members (excludes halogenated alkanes) is 1. The molecule has 0 aliphatic heterocycles. The summed E-state index contributed by atoms with van der Waals surface area (Å²) in [5, 5.41) is 0. The highest BCUT2D eigenvalue weighted by Gasteiger charge is 2.43. The standard InChI is InChI=1S/C13H13NO3/c1-2-3-6-9(15)10-12(16)8-5-4-7-14-11(8)13(10)17/h4-5,7,10H,2-3,6H2,1H3. The third-order valence-corrected chi connectivity index (χ3v) is 2.93. The van der Waals surface area contributed by atoms with E-state index in [-0.39, 0.29) is 29.2 Å². The van der Waals surface area contributed by atoms with Gasteiger partial charge in [0.25, 0.3) is 0 Å². The number of carbonyl (C=O) groups excluding carboxylic acids is 3. The molecule has 0 bridgehead atoms. The summed E-state index contributed by atoms with van der Waals surface area (Å²) in [7, 11) is 0. The van der Waals surface area contributed by atoms with E-state index in [4.69, 9.17) is 0 Å². The molecular weight excluding hydrogens is 218 g/mol. The zero-order valence-electron chi connectivity index (χ0n) is 9.60. The fourth-order valence-corrected chi connectivity index (χ4v) is 2.00. The van der Waals surface area contributed by atoms with Gasteiger partial charge in [0, 0.05) is 18.2 Å². The molecule has 0 N–H and O–H groups in total. The van der Waals surface area contributed by atoms with Crippen LogP contribution in [0.15, 0.2) is 18.3 Å². The van der Waals surface area contributed by atoms with E-state index in [1.807, 2.05) is 6.92 Å². The molecule has 4 nitrogen and oxygen atoms in total. The summed E-state index contributed by atoms with van der Waals surface area (Å²) < 4.78 is 0. The first kappa shape index (κ1) is 11.6. The summed E-state index contributed by atoms with van der Waals surface area (Å²) in [6, 6.07) is 3.15. The highest BCUT2D eigenvalue weighted by atomic mass is 16.2. The molecule has 2 rings (SSSR count). The Bertz CT molecular complexity index is 458. The molecule has 1 unspecified atom stereocenters. The smallest absolute Gasteiger partial charge is 0.200 e. The van der Waals surface area contributed by atoms with Gasteiger partial charge in [-0.2, -0.15) is 0 Å². The van der Waals surface area contributed by atoms with Crippen molar-refractivity contribution in [2.24, 2.45) is 5.92 Å². The van der Waals surface area contributed by atoms with Crippen molar-refractivity contribution < 1.29 is 14.4 Å². The Morgan fingerprint density at radius 3 is 2.76 bits per heavy atom. The lowest BCUT2D eigenvalue weighted by Gasteiger charge is -2.04. The molecule has 0 radical (unpaired) electrons. The van der Waals surface area contributed by atoms with Crippen LogP contribution in [0.1, 0.15) is 47.0 Å². The Hall–Kier alpha value is -1.84. The average Bonchev–Trinajstić information content (AvgIpc) is 2.60. The van der Waals surface area contributed by atoms with Crippen LogP contribution < -0.4 is 0 Å². The monoisotopic (exact) mass is 231 g/mol. The molecule has 4 heteroatoms. The second-order valence-electron chi connectivity index (χ2n) is 4.13. The van der Waals surface area contributed by atoms with E-state index in [9.17, 15) is 14.4 Å². The lowest BCUT2D eigenvalue weighted by Crippen LogP contribution is -2.25. The Balaban J connectivity index is 2.27. The number of carbonyl (C=O) groups is 3. The van der Waals surface area contributed by atoms with Crippen LogP contribution >= 0.6 is 0 Å². The van der Waals surface area contributed by atoms with Crippen LogP contribution in [-0.4, -0.2) is 22.3 Å². The molecule has 0 saturated carbocycles. The van der Waals surface area contributed by atoms with Crippen molar-refractivity contribution in [3.8, 4) is 0 Å². The van der Waals surface area contributed by atoms with Gasteiger partial charge in [0.2, 0.25) is 0 Å². The Labute approximate surface area is 99.0 Å². The predicted molar refractivity (Wildman–Crippen MR) is 60.9 cm³/mol. The first-order valence-corrected chi connectivity index (χ1v) is 5.73. The maximum Gasteiger partial charge on any atom is 0.200 e. The quantitative estimate of drug-likeness (QED) is 0.741. The van der Waals surface area contributed by atoms with Crippen molar-refractivity contribution in [2.45, 2.75) is 26.2 Å². The van der Waals surface area contributed by atoms with E-state index in [1.54, 1.807) is 12.1 Å². The first-order chi connectivity index (χ1) is 8.16. The van der Waals surface area contributed by atoms with E-state index >= 15 is 0 Å². The third-order valence-electron chi connectivity index (χ3n) is 2.93. The molecule has 0 spiro atoms. The molecule has 88 valence electrons. The highest BCUT2D eigenvalue weighted by molar-refractivity contribution is 6.34. The molecule has 0 aromatic carbocycles. The van der Waals surface area contributed by atoms with Gasteiger partial charge >= 0.3 is 0 Å². The van der Waals surface area contributed by atoms with Crippen LogP contribution in [0.25, 0.3) is 0 Å². The molecule has 1 heterocycles. The minimum atomic E-state index is -1.13. The third kappa shape index (κ3) is 1.90. The van der Waals surface area contributed by atoms with Gasteiger partial charge in [0.05, 0.1) is 0 Å². The first-order valence-electron chi connectivity index (χ1n) is 5.73. The number of ketones is 3. The number of hydrogen-bond donors (Lipinski definition) is 0. The zero-order valence-corrected chi connectivity index (χ0v) is 9.60. The molecule has 1 aliphatic carbocycles. The SMILES string of the molecule is CCCCC(=O)C1C(=O)c2cccnc2C1=O. The second kappa shape index (κ2) is 4.57. The van der Waals surface area contributed by atoms with Crippen molar-refractivity contribution in [3.63, 3.8) is 0 Å².